The molecule has 3 N–H and O–H groups in total. The fraction of sp³-hybridized carbons (Fsp3) is 0.706. The molecule has 2 heterocycles. The summed E-state index contributed by atoms with van der Waals surface area (Å²) < 4.78 is 0. The summed E-state index contributed by atoms with van der Waals surface area (Å²) in [4.78, 5) is 31.8. The molecular formula is C17H28N4O2S. The summed E-state index contributed by atoms with van der Waals surface area (Å²) in [5.41, 5.74) is 6.23. The van der Waals surface area contributed by atoms with E-state index in [1.807, 2.05) is 11.8 Å². The van der Waals surface area contributed by atoms with Crippen molar-refractivity contribution in [1.82, 2.24) is 15.2 Å². The Bertz CT molecular complexity index is 573. The molecule has 0 aliphatic carbocycles. The van der Waals surface area contributed by atoms with Crippen LogP contribution in [0.4, 0.5) is 0 Å². The van der Waals surface area contributed by atoms with E-state index in [0.717, 1.165) is 54.2 Å². The highest BCUT2D eigenvalue weighted by molar-refractivity contribution is 7.13. The van der Waals surface area contributed by atoms with E-state index >= 15 is 0 Å². The number of aryl methyl sites for hydroxylation is 2. The monoisotopic (exact) mass is 352 g/mol. The van der Waals surface area contributed by atoms with Gasteiger partial charge >= 0.3 is 0 Å². The van der Waals surface area contributed by atoms with Gasteiger partial charge in [0.05, 0.1) is 10.7 Å². The van der Waals surface area contributed by atoms with Gasteiger partial charge in [-0.1, -0.05) is 6.92 Å². The summed E-state index contributed by atoms with van der Waals surface area (Å²) in [6.07, 6.45) is 5.30. The summed E-state index contributed by atoms with van der Waals surface area (Å²) in [7, 11) is 0. The fourth-order valence-electron chi connectivity index (χ4n) is 3.03. The maximum Gasteiger partial charge on any atom is 0.266 e. The molecule has 1 aromatic rings. The zero-order valence-corrected chi connectivity index (χ0v) is 15.5. The maximum atomic E-state index is 13.0. The topological polar surface area (TPSA) is 88.3 Å². The van der Waals surface area contributed by atoms with Crippen LogP contribution >= 0.6 is 11.3 Å². The molecule has 2 amide bonds. The number of thiazole rings is 1. The van der Waals surface area contributed by atoms with E-state index < -0.39 is 0 Å². The van der Waals surface area contributed by atoms with E-state index in [4.69, 9.17) is 5.73 Å². The molecule has 0 radical (unpaired) electrons. The van der Waals surface area contributed by atoms with Gasteiger partial charge in [0.2, 0.25) is 5.91 Å². The van der Waals surface area contributed by atoms with Crippen LogP contribution in [-0.2, 0) is 11.2 Å². The van der Waals surface area contributed by atoms with Crippen molar-refractivity contribution < 1.29 is 9.59 Å². The largest absolute Gasteiger partial charge is 0.354 e. The number of carbonyl (C=O) groups is 2. The highest BCUT2D eigenvalue weighted by Crippen LogP contribution is 2.25. The number of carbonyl (C=O) groups excluding carboxylic acids is 2. The van der Waals surface area contributed by atoms with Crippen molar-refractivity contribution >= 4 is 23.2 Å². The molecule has 1 aromatic heterocycles. The predicted octanol–water partition coefficient (Wildman–Crippen LogP) is 1.86. The standard InChI is InChI=1S/C17H28N4O2S/c1-3-6-15-20-12(2)16(24-15)17(23)21-10-5-4-7-13(21)11-19-14(22)8-9-18/h13H,3-11,18H2,1-2H3,(H,19,22). The van der Waals surface area contributed by atoms with Gasteiger partial charge in [0.25, 0.3) is 5.91 Å². The quantitative estimate of drug-likeness (QED) is 0.784. The number of nitrogens with zero attached hydrogens (tertiary/aromatic N) is 2. The van der Waals surface area contributed by atoms with Gasteiger partial charge in [-0.15, -0.1) is 11.3 Å². The van der Waals surface area contributed by atoms with Crippen molar-refractivity contribution in [3.05, 3.63) is 15.6 Å². The molecule has 0 aromatic carbocycles. The number of hydrogen-bond acceptors (Lipinski definition) is 5. The molecule has 0 spiro atoms. The molecule has 1 saturated heterocycles. The first-order chi connectivity index (χ1) is 11.6. The maximum absolute atomic E-state index is 13.0. The van der Waals surface area contributed by atoms with Crippen LogP contribution < -0.4 is 11.1 Å². The SMILES string of the molecule is CCCc1nc(C)c(C(=O)N2CCCCC2CNC(=O)CCN)s1. The number of nitrogens with two attached hydrogens (primary N) is 1. The number of nitrogens with one attached hydrogen (secondary N) is 1. The van der Waals surface area contributed by atoms with Crippen molar-refractivity contribution in [2.24, 2.45) is 5.73 Å². The van der Waals surface area contributed by atoms with Crippen LogP contribution in [0.2, 0.25) is 0 Å². The second-order valence-corrected chi connectivity index (χ2v) is 7.35. The zero-order valence-electron chi connectivity index (χ0n) is 14.6. The van der Waals surface area contributed by atoms with Crippen molar-refractivity contribution in [2.45, 2.75) is 58.4 Å². The van der Waals surface area contributed by atoms with Crippen molar-refractivity contribution in [3.8, 4) is 0 Å². The van der Waals surface area contributed by atoms with Crippen LogP contribution in [0.3, 0.4) is 0 Å². The van der Waals surface area contributed by atoms with Gasteiger partial charge in [-0.05, 0) is 39.0 Å². The summed E-state index contributed by atoms with van der Waals surface area (Å²) in [6.45, 7) is 5.62. The lowest BCUT2D eigenvalue weighted by Gasteiger charge is -2.35. The third-order valence-electron chi connectivity index (χ3n) is 4.29. The van der Waals surface area contributed by atoms with Crippen molar-refractivity contribution in [2.75, 3.05) is 19.6 Å². The van der Waals surface area contributed by atoms with E-state index in [2.05, 4.69) is 17.2 Å². The number of amides is 2. The molecule has 24 heavy (non-hydrogen) atoms. The Morgan fingerprint density at radius 2 is 2.21 bits per heavy atom. The Morgan fingerprint density at radius 1 is 1.42 bits per heavy atom. The number of hydrogen-bond donors (Lipinski definition) is 2. The summed E-state index contributed by atoms with van der Waals surface area (Å²) >= 11 is 1.51. The van der Waals surface area contributed by atoms with Crippen LogP contribution in [0.15, 0.2) is 0 Å². The highest BCUT2D eigenvalue weighted by Gasteiger charge is 2.30. The minimum atomic E-state index is -0.0466. The van der Waals surface area contributed by atoms with Gasteiger partial charge in [-0.3, -0.25) is 9.59 Å². The van der Waals surface area contributed by atoms with Crippen molar-refractivity contribution in [1.29, 1.82) is 0 Å². The summed E-state index contributed by atoms with van der Waals surface area (Å²) in [6, 6.07) is 0.0594. The Morgan fingerprint density at radius 3 is 2.92 bits per heavy atom. The molecule has 0 saturated carbocycles. The van der Waals surface area contributed by atoms with Crippen LogP contribution in [-0.4, -0.2) is 47.4 Å². The van der Waals surface area contributed by atoms with Gasteiger partial charge in [0, 0.05) is 32.1 Å². The molecule has 134 valence electrons. The molecule has 1 aliphatic heterocycles. The number of piperidine rings is 1. The first-order valence-electron chi connectivity index (χ1n) is 8.80. The van der Waals surface area contributed by atoms with Crippen molar-refractivity contribution in [3.63, 3.8) is 0 Å². The molecule has 1 aliphatic rings. The predicted molar refractivity (Wildman–Crippen MR) is 96.2 cm³/mol. The Kier molecular flexibility index (Phi) is 7.17. The Labute approximate surface area is 147 Å². The molecule has 7 heteroatoms. The fourth-order valence-corrected chi connectivity index (χ4v) is 4.16. The molecule has 1 fully saturated rings. The minimum absolute atomic E-state index is 0.0466. The Hall–Kier alpha value is -1.47. The third-order valence-corrected chi connectivity index (χ3v) is 5.50. The number of aromatic nitrogens is 1. The normalized spacial score (nSPS) is 17.8. The molecule has 0 bridgehead atoms. The average molecular weight is 353 g/mol. The number of rotatable bonds is 7. The van der Waals surface area contributed by atoms with E-state index in [0.29, 0.717) is 19.5 Å². The zero-order chi connectivity index (χ0) is 17.5. The second kappa shape index (κ2) is 9.13. The summed E-state index contributed by atoms with van der Waals surface area (Å²) in [5, 5.41) is 3.94. The summed E-state index contributed by atoms with van der Waals surface area (Å²) in [5.74, 6) is 0.0137. The average Bonchev–Trinajstić information content (AvgIpc) is 2.94. The Balaban J connectivity index is 2.05. The third kappa shape index (κ3) is 4.77. The minimum Gasteiger partial charge on any atom is -0.354 e. The van der Waals surface area contributed by atoms with Crippen LogP contribution in [0.5, 0.6) is 0 Å². The lowest BCUT2D eigenvalue weighted by atomic mass is 10.0. The van der Waals surface area contributed by atoms with Crippen LogP contribution in [0.1, 0.15) is 59.4 Å². The second-order valence-electron chi connectivity index (χ2n) is 6.26. The highest BCUT2D eigenvalue weighted by atomic mass is 32.1. The van der Waals surface area contributed by atoms with E-state index in [-0.39, 0.29) is 17.9 Å². The lowest BCUT2D eigenvalue weighted by molar-refractivity contribution is -0.121. The smallest absolute Gasteiger partial charge is 0.266 e. The molecule has 1 unspecified atom stereocenters. The van der Waals surface area contributed by atoms with Gasteiger partial charge in [0.1, 0.15) is 4.88 Å². The van der Waals surface area contributed by atoms with Gasteiger partial charge < -0.3 is 16.0 Å². The van der Waals surface area contributed by atoms with E-state index in [1.165, 1.54) is 11.3 Å². The molecule has 2 rings (SSSR count). The first-order valence-corrected chi connectivity index (χ1v) is 9.62. The van der Waals surface area contributed by atoms with E-state index in [1.54, 1.807) is 0 Å². The van der Waals surface area contributed by atoms with Gasteiger partial charge in [0.15, 0.2) is 0 Å². The van der Waals surface area contributed by atoms with E-state index in [9.17, 15) is 9.59 Å². The van der Waals surface area contributed by atoms with Gasteiger partial charge in [-0.25, -0.2) is 4.98 Å². The molecular weight excluding hydrogens is 324 g/mol. The molecule has 1 atom stereocenters. The first kappa shape index (κ1) is 18.9. The molecule has 6 nitrogen and oxygen atoms in total. The number of likely N-dealkylation sites (tertiary alicyclic amines) is 1. The van der Waals surface area contributed by atoms with Crippen LogP contribution in [0.25, 0.3) is 0 Å². The van der Waals surface area contributed by atoms with Gasteiger partial charge in [-0.2, -0.15) is 0 Å². The lowest BCUT2D eigenvalue weighted by Crippen LogP contribution is -2.49. The van der Waals surface area contributed by atoms with Crippen LogP contribution in [0, 0.1) is 6.92 Å².